The standard InChI is InChI=1S/C14H17IN4OS/c1-14(2,3)19-13-18-11(16)10(21-13)12(20)17-9-6-4-8(15)5-7-9/h4-7H,16H2,1-3H3,(H,17,20)(H,18,19). The van der Waals surface area contributed by atoms with Crippen molar-refractivity contribution in [3.63, 3.8) is 0 Å². The summed E-state index contributed by atoms with van der Waals surface area (Å²) in [6.45, 7) is 6.07. The number of carbonyl (C=O) groups excluding carboxylic acids is 1. The van der Waals surface area contributed by atoms with Crippen LogP contribution in [0, 0.1) is 3.57 Å². The van der Waals surface area contributed by atoms with Crippen molar-refractivity contribution in [2.75, 3.05) is 16.4 Å². The van der Waals surface area contributed by atoms with E-state index in [0.717, 1.165) is 9.26 Å². The Morgan fingerprint density at radius 3 is 2.48 bits per heavy atom. The van der Waals surface area contributed by atoms with Crippen LogP contribution in [0.1, 0.15) is 30.4 Å². The van der Waals surface area contributed by atoms with E-state index in [1.54, 1.807) is 0 Å². The van der Waals surface area contributed by atoms with Crippen LogP contribution >= 0.6 is 33.9 Å². The molecular weight excluding hydrogens is 399 g/mol. The summed E-state index contributed by atoms with van der Waals surface area (Å²) in [5.41, 5.74) is 6.44. The fourth-order valence-electron chi connectivity index (χ4n) is 1.59. The third-order valence-electron chi connectivity index (χ3n) is 2.44. The average Bonchev–Trinajstić information content (AvgIpc) is 2.70. The summed E-state index contributed by atoms with van der Waals surface area (Å²) in [4.78, 5) is 16.9. The number of hydrogen-bond acceptors (Lipinski definition) is 5. The van der Waals surface area contributed by atoms with Crippen molar-refractivity contribution in [2.24, 2.45) is 0 Å². The molecular formula is C14H17IN4OS. The Labute approximate surface area is 141 Å². The van der Waals surface area contributed by atoms with Gasteiger partial charge >= 0.3 is 0 Å². The molecule has 0 aliphatic heterocycles. The number of nitrogens with two attached hydrogens (primary N) is 1. The molecule has 21 heavy (non-hydrogen) atoms. The van der Waals surface area contributed by atoms with Crippen molar-refractivity contribution in [2.45, 2.75) is 26.3 Å². The molecule has 0 fully saturated rings. The molecule has 0 aliphatic carbocycles. The first-order chi connectivity index (χ1) is 9.74. The quantitative estimate of drug-likeness (QED) is 0.666. The van der Waals surface area contributed by atoms with Gasteiger partial charge in [0.2, 0.25) is 0 Å². The number of nitrogens with zero attached hydrogens (tertiary/aromatic N) is 1. The smallest absolute Gasteiger partial charge is 0.269 e. The Morgan fingerprint density at radius 2 is 1.90 bits per heavy atom. The molecule has 112 valence electrons. The van der Waals surface area contributed by atoms with Crippen molar-refractivity contribution in [1.82, 2.24) is 4.98 Å². The SMILES string of the molecule is CC(C)(C)Nc1nc(N)c(C(=O)Nc2ccc(I)cc2)s1. The minimum atomic E-state index is -0.242. The number of carbonyl (C=O) groups is 1. The van der Waals surface area contributed by atoms with E-state index in [-0.39, 0.29) is 17.3 Å². The molecule has 0 unspecified atom stereocenters. The van der Waals surface area contributed by atoms with Gasteiger partial charge in [0.05, 0.1) is 0 Å². The lowest BCUT2D eigenvalue weighted by molar-refractivity contribution is 0.103. The Hall–Kier alpha value is -1.35. The topological polar surface area (TPSA) is 80.0 Å². The van der Waals surface area contributed by atoms with Crippen LogP contribution in [0.4, 0.5) is 16.6 Å². The number of nitrogens with one attached hydrogen (secondary N) is 2. The zero-order valence-electron chi connectivity index (χ0n) is 12.0. The van der Waals surface area contributed by atoms with Gasteiger partial charge in [0.15, 0.2) is 5.13 Å². The van der Waals surface area contributed by atoms with E-state index >= 15 is 0 Å². The summed E-state index contributed by atoms with van der Waals surface area (Å²) in [6, 6.07) is 7.56. The number of thiazole rings is 1. The lowest BCUT2D eigenvalue weighted by Gasteiger charge is -2.19. The van der Waals surface area contributed by atoms with E-state index in [1.807, 2.05) is 45.0 Å². The number of anilines is 3. The van der Waals surface area contributed by atoms with Crippen molar-refractivity contribution >= 4 is 56.5 Å². The van der Waals surface area contributed by atoms with Gasteiger partial charge in [0, 0.05) is 14.8 Å². The van der Waals surface area contributed by atoms with Crippen molar-refractivity contribution in [1.29, 1.82) is 0 Å². The molecule has 7 heteroatoms. The number of rotatable bonds is 3. The zero-order chi connectivity index (χ0) is 15.6. The second-order valence-corrected chi connectivity index (χ2v) is 7.81. The van der Waals surface area contributed by atoms with Gasteiger partial charge in [0.25, 0.3) is 5.91 Å². The maximum Gasteiger partial charge on any atom is 0.269 e. The van der Waals surface area contributed by atoms with Gasteiger partial charge in [-0.05, 0) is 67.6 Å². The molecule has 0 saturated heterocycles. The number of aromatic nitrogens is 1. The molecule has 4 N–H and O–H groups in total. The van der Waals surface area contributed by atoms with Gasteiger partial charge < -0.3 is 16.4 Å². The highest BCUT2D eigenvalue weighted by molar-refractivity contribution is 14.1. The number of amides is 1. The Bertz CT molecular complexity index is 646. The van der Waals surface area contributed by atoms with Crippen LogP contribution in [0.5, 0.6) is 0 Å². The van der Waals surface area contributed by atoms with Crippen LogP contribution in [0.25, 0.3) is 0 Å². The first kappa shape index (κ1) is 16.0. The fraction of sp³-hybridized carbons (Fsp3) is 0.286. The van der Waals surface area contributed by atoms with Gasteiger partial charge in [-0.3, -0.25) is 4.79 Å². The van der Waals surface area contributed by atoms with Crippen LogP contribution in [-0.2, 0) is 0 Å². The summed E-state index contributed by atoms with van der Waals surface area (Å²) < 4.78 is 1.11. The third-order valence-corrected chi connectivity index (χ3v) is 4.15. The van der Waals surface area contributed by atoms with Crippen LogP contribution in [-0.4, -0.2) is 16.4 Å². The molecule has 1 amide bonds. The first-order valence-electron chi connectivity index (χ1n) is 6.36. The van der Waals surface area contributed by atoms with Crippen LogP contribution in [0.2, 0.25) is 0 Å². The van der Waals surface area contributed by atoms with Crippen molar-refractivity contribution in [3.8, 4) is 0 Å². The number of nitrogen functional groups attached to an aromatic ring is 1. The lowest BCUT2D eigenvalue weighted by Crippen LogP contribution is -2.25. The molecule has 2 rings (SSSR count). The van der Waals surface area contributed by atoms with E-state index in [0.29, 0.717) is 10.0 Å². The minimum absolute atomic E-state index is 0.131. The second kappa shape index (κ2) is 6.18. The molecule has 5 nitrogen and oxygen atoms in total. The molecule has 0 aliphatic rings. The van der Waals surface area contributed by atoms with E-state index < -0.39 is 0 Å². The monoisotopic (exact) mass is 416 g/mol. The van der Waals surface area contributed by atoms with E-state index in [1.165, 1.54) is 11.3 Å². The largest absolute Gasteiger partial charge is 0.382 e. The highest BCUT2D eigenvalue weighted by Gasteiger charge is 2.19. The highest BCUT2D eigenvalue weighted by Crippen LogP contribution is 2.28. The van der Waals surface area contributed by atoms with E-state index in [2.05, 4.69) is 38.2 Å². The minimum Gasteiger partial charge on any atom is -0.382 e. The van der Waals surface area contributed by atoms with Crippen LogP contribution in [0.3, 0.4) is 0 Å². The van der Waals surface area contributed by atoms with E-state index in [9.17, 15) is 4.79 Å². The van der Waals surface area contributed by atoms with E-state index in [4.69, 9.17) is 5.73 Å². The molecule has 1 heterocycles. The summed E-state index contributed by atoms with van der Waals surface area (Å²) in [7, 11) is 0. The predicted octanol–water partition coefficient (Wildman–Crippen LogP) is 3.79. The number of benzene rings is 1. The predicted molar refractivity (Wildman–Crippen MR) is 97.0 cm³/mol. The van der Waals surface area contributed by atoms with Crippen molar-refractivity contribution in [3.05, 3.63) is 32.7 Å². The average molecular weight is 416 g/mol. The molecule has 0 saturated carbocycles. The molecule has 0 atom stereocenters. The Balaban J connectivity index is 2.14. The zero-order valence-corrected chi connectivity index (χ0v) is 15.0. The maximum absolute atomic E-state index is 12.2. The third kappa shape index (κ3) is 4.57. The number of hydrogen-bond donors (Lipinski definition) is 3. The lowest BCUT2D eigenvalue weighted by atomic mass is 10.1. The highest BCUT2D eigenvalue weighted by atomic mass is 127. The normalized spacial score (nSPS) is 11.2. The van der Waals surface area contributed by atoms with Crippen molar-refractivity contribution < 1.29 is 4.79 Å². The van der Waals surface area contributed by atoms with Crippen LogP contribution in [0.15, 0.2) is 24.3 Å². The number of halogens is 1. The van der Waals surface area contributed by atoms with Gasteiger partial charge in [-0.1, -0.05) is 11.3 Å². The summed E-state index contributed by atoms with van der Waals surface area (Å²) in [5, 5.41) is 6.68. The first-order valence-corrected chi connectivity index (χ1v) is 8.25. The second-order valence-electron chi connectivity index (χ2n) is 5.57. The fourth-order valence-corrected chi connectivity index (χ4v) is 2.94. The molecule has 1 aromatic carbocycles. The maximum atomic E-state index is 12.2. The summed E-state index contributed by atoms with van der Waals surface area (Å²) in [6.07, 6.45) is 0. The van der Waals surface area contributed by atoms with Gasteiger partial charge in [0.1, 0.15) is 10.7 Å². The summed E-state index contributed by atoms with van der Waals surface area (Å²) >= 11 is 3.47. The molecule has 1 aromatic heterocycles. The molecule has 0 spiro atoms. The Morgan fingerprint density at radius 1 is 1.29 bits per heavy atom. The van der Waals surface area contributed by atoms with Gasteiger partial charge in [-0.2, -0.15) is 0 Å². The molecule has 2 aromatic rings. The van der Waals surface area contributed by atoms with Gasteiger partial charge in [-0.15, -0.1) is 0 Å². The van der Waals surface area contributed by atoms with Gasteiger partial charge in [-0.25, -0.2) is 4.98 Å². The van der Waals surface area contributed by atoms with Crippen LogP contribution < -0.4 is 16.4 Å². The Kier molecular flexibility index (Phi) is 4.72. The summed E-state index contributed by atoms with van der Waals surface area (Å²) in [5.74, 6) is 0.00271. The molecule has 0 bridgehead atoms. The molecule has 0 radical (unpaired) electrons.